The molecule has 0 spiro atoms. The van der Waals surface area contributed by atoms with Crippen molar-refractivity contribution in [1.29, 1.82) is 0 Å². The first kappa shape index (κ1) is 24.1. The van der Waals surface area contributed by atoms with E-state index in [9.17, 15) is 23.9 Å². The van der Waals surface area contributed by atoms with Gasteiger partial charge in [0.15, 0.2) is 0 Å². The van der Waals surface area contributed by atoms with Crippen LogP contribution in [0.1, 0.15) is 18.4 Å². The Morgan fingerprint density at radius 2 is 1.92 bits per heavy atom. The number of urea groups is 1. The Morgan fingerprint density at radius 3 is 2.67 bits per heavy atom. The van der Waals surface area contributed by atoms with Gasteiger partial charge < -0.3 is 26.0 Å². The van der Waals surface area contributed by atoms with Crippen molar-refractivity contribution < 1.29 is 23.9 Å². The Morgan fingerprint density at radius 1 is 1.14 bits per heavy atom. The molecule has 2 aromatic carbocycles. The van der Waals surface area contributed by atoms with Crippen LogP contribution in [0, 0.1) is 11.2 Å². The largest absolute Gasteiger partial charge is 0.396 e. The molecule has 0 bridgehead atoms. The van der Waals surface area contributed by atoms with Gasteiger partial charge in [-0.05, 0) is 25.0 Å². The minimum Gasteiger partial charge on any atom is -0.396 e. The molecule has 1 aliphatic heterocycles. The molecule has 1 aliphatic carbocycles. The number of amides is 4. The van der Waals surface area contributed by atoms with Gasteiger partial charge in [0.1, 0.15) is 11.9 Å². The number of nitrogens with zero attached hydrogens (tertiary/aromatic N) is 2. The molecule has 1 aromatic heterocycles. The molecule has 11 heteroatoms. The molecule has 2 heterocycles. The zero-order valence-corrected chi connectivity index (χ0v) is 20.2. The number of aliphatic hydroxyl groups excluding tert-OH is 1. The fraction of sp³-hybridized carbons (Fsp3) is 0.320. The van der Waals surface area contributed by atoms with Gasteiger partial charge in [0.05, 0.1) is 22.8 Å². The summed E-state index contributed by atoms with van der Waals surface area (Å²) in [6.07, 6.45) is 2.41. The summed E-state index contributed by atoms with van der Waals surface area (Å²) < 4.78 is 15.6. The Balaban J connectivity index is 1.37. The number of carbonyl (C=O) groups is 3. The lowest BCUT2D eigenvalue weighted by Crippen LogP contribution is -2.49. The minimum atomic E-state index is -0.842. The lowest BCUT2D eigenvalue weighted by atomic mass is 10.0. The average molecular weight is 514 g/mol. The Bertz CT molecular complexity index is 1380. The second-order valence-corrected chi connectivity index (χ2v) is 9.62. The summed E-state index contributed by atoms with van der Waals surface area (Å²) in [5.41, 5.74) is 0.731. The van der Waals surface area contributed by atoms with E-state index in [-0.39, 0.29) is 35.8 Å². The van der Waals surface area contributed by atoms with Gasteiger partial charge in [-0.2, -0.15) is 0 Å². The van der Waals surface area contributed by atoms with Crippen LogP contribution in [0.5, 0.6) is 0 Å². The third-order valence-electron chi connectivity index (χ3n) is 7.14. The number of likely N-dealkylation sites (tertiary alicyclic amines) is 1. The average Bonchev–Trinajstić information content (AvgIpc) is 3.32. The summed E-state index contributed by atoms with van der Waals surface area (Å²) in [6.45, 7) is -0.238. The van der Waals surface area contributed by atoms with Gasteiger partial charge in [-0.15, -0.1) is 0 Å². The fourth-order valence-corrected chi connectivity index (χ4v) is 5.30. The maximum atomic E-state index is 14.3. The van der Waals surface area contributed by atoms with E-state index in [2.05, 4.69) is 16.0 Å². The van der Waals surface area contributed by atoms with E-state index in [4.69, 9.17) is 11.6 Å². The molecule has 4 amide bonds. The molecule has 0 radical (unpaired) electrons. The zero-order chi connectivity index (χ0) is 25.6. The molecule has 3 aromatic rings. The van der Waals surface area contributed by atoms with Gasteiger partial charge in [-0.25, -0.2) is 14.0 Å². The first-order valence-electron chi connectivity index (χ1n) is 11.5. The number of piperidine rings is 1. The SMILES string of the molecule is CNC(=O)n1cc(NC(=O)N2[C@H](C(=O)NCc3cccc(Cl)c3F)C[C@@]3(CO)C[C@@H]23)c2ccccc21. The highest BCUT2D eigenvalue weighted by Gasteiger charge is 2.67. The van der Waals surface area contributed by atoms with E-state index in [0.29, 0.717) is 29.4 Å². The van der Waals surface area contributed by atoms with E-state index in [1.807, 2.05) is 0 Å². The molecular formula is C25H25ClFN5O4. The summed E-state index contributed by atoms with van der Waals surface area (Å²) >= 11 is 5.83. The Labute approximate surface area is 211 Å². The normalized spacial score (nSPS) is 22.3. The second kappa shape index (κ2) is 9.11. The number of benzene rings is 2. The van der Waals surface area contributed by atoms with E-state index in [1.54, 1.807) is 30.3 Å². The monoisotopic (exact) mass is 513 g/mol. The third kappa shape index (κ3) is 3.96. The number of carbonyl (C=O) groups excluding carboxylic acids is 3. The van der Waals surface area contributed by atoms with Gasteiger partial charge >= 0.3 is 12.1 Å². The van der Waals surface area contributed by atoms with Crippen molar-refractivity contribution in [2.75, 3.05) is 19.0 Å². The fourth-order valence-electron chi connectivity index (χ4n) is 5.11. The predicted octanol–water partition coefficient (Wildman–Crippen LogP) is 3.29. The maximum Gasteiger partial charge on any atom is 0.325 e. The van der Waals surface area contributed by atoms with E-state index in [0.717, 1.165) is 0 Å². The molecule has 2 aliphatic rings. The van der Waals surface area contributed by atoms with Gasteiger partial charge in [0.25, 0.3) is 0 Å². The van der Waals surface area contributed by atoms with Gasteiger partial charge in [0.2, 0.25) is 5.91 Å². The number of fused-ring (bicyclic) bond motifs is 2. The van der Waals surface area contributed by atoms with E-state index >= 15 is 0 Å². The first-order valence-corrected chi connectivity index (χ1v) is 11.9. The number of aromatic nitrogens is 1. The number of para-hydroxylation sites is 1. The first-order chi connectivity index (χ1) is 17.3. The summed E-state index contributed by atoms with van der Waals surface area (Å²) in [5, 5.41) is 18.7. The predicted molar refractivity (Wildman–Crippen MR) is 132 cm³/mol. The third-order valence-corrected chi connectivity index (χ3v) is 7.43. The lowest BCUT2D eigenvalue weighted by molar-refractivity contribution is -0.125. The van der Waals surface area contributed by atoms with Crippen LogP contribution in [-0.2, 0) is 11.3 Å². The van der Waals surface area contributed by atoms with Crippen LogP contribution in [0.25, 0.3) is 10.9 Å². The van der Waals surface area contributed by atoms with Crippen LogP contribution in [-0.4, -0.2) is 58.3 Å². The van der Waals surface area contributed by atoms with Crippen LogP contribution in [0.15, 0.2) is 48.7 Å². The van der Waals surface area contributed by atoms with Gasteiger partial charge in [-0.3, -0.25) is 9.36 Å². The lowest BCUT2D eigenvalue weighted by Gasteiger charge is -2.27. The molecular weight excluding hydrogens is 489 g/mol. The molecule has 1 saturated heterocycles. The van der Waals surface area contributed by atoms with Crippen LogP contribution >= 0.6 is 11.6 Å². The van der Waals surface area contributed by atoms with Crippen LogP contribution in [0.4, 0.5) is 19.7 Å². The Kier molecular flexibility index (Phi) is 6.09. The van der Waals surface area contributed by atoms with Crippen LogP contribution in [0.2, 0.25) is 5.02 Å². The standard InChI is InChI=1S/C25H25ClFN5O4/c1-28-23(35)31-12-17(15-6-2-3-8-18(15)31)30-24(36)32-19(9-25(13-33)10-20(25)32)22(34)29-11-14-5-4-7-16(26)21(14)27/h2-8,12,19-20,33H,9-11,13H2,1H3,(H,28,35)(H,29,34)(H,30,36)/t19-,20+,25-/m0/s1. The number of hydrogen-bond acceptors (Lipinski definition) is 4. The van der Waals surface area contributed by atoms with Crippen molar-refractivity contribution in [2.24, 2.45) is 5.41 Å². The van der Waals surface area contributed by atoms with Gasteiger partial charge in [-0.1, -0.05) is 41.9 Å². The molecule has 9 nitrogen and oxygen atoms in total. The number of hydrogen-bond donors (Lipinski definition) is 4. The van der Waals surface area contributed by atoms with Crippen LogP contribution < -0.4 is 16.0 Å². The van der Waals surface area contributed by atoms with Crippen molar-refractivity contribution >= 4 is 46.2 Å². The van der Waals surface area contributed by atoms with E-state index < -0.39 is 29.2 Å². The number of rotatable bonds is 5. The minimum absolute atomic E-state index is 0.0417. The van der Waals surface area contributed by atoms with E-state index in [1.165, 1.54) is 34.8 Å². The van der Waals surface area contributed by atoms with Gasteiger partial charge in [0, 0.05) is 42.2 Å². The smallest absolute Gasteiger partial charge is 0.325 e. The zero-order valence-electron chi connectivity index (χ0n) is 19.4. The molecule has 36 heavy (non-hydrogen) atoms. The molecule has 3 atom stereocenters. The summed E-state index contributed by atoms with van der Waals surface area (Å²) in [6, 6.07) is 9.65. The highest BCUT2D eigenvalue weighted by Crippen LogP contribution is 2.59. The number of halogens is 2. The number of aliphatic hydroxyl groups is 1. The van der Waals surface area contributed by atoms with Crippen LogP contribution in [0.3, 0.4) is 0 Å². The molecule has 1 saturated carbocycles. The quantitative estimate of drug-likeness (QED) is 0.419. The highest BCUT2D eigenvalue weighted by atomic mass is 35.5. The summed E-state index contributed by atoms with van der Waals surface area (Å²) in [5.74, 6) is -1.06. The van der Waals surface area contributed by atoms with Crippen molar-refractivity contribution in [3.8, 4) is 0 Å². The molecule has 0 unspecified atom stereocenters. The summed E-state index contributed by atoms with van der Waals surface area (Å²) in [4.78, 5) is 40.3. The maximum absolute atomic E-state index is 14.3. The molecule has 4 N–H and O–H groups in total. The van der Waals surface area contributed by atoms with Crippen molar-refractivity contribution in [3.05, 3.63) is 65.1 Å². The summed E-state index contributed by atoms with van der Waals surface area (Å²) in [7, 11) is 1.51. The molecule has 2 fully saturated rings. The van der Waals surface area contributed by atoms with Crippen molar-refractivity contribution in [1.82, 2.24) is 20.1 Å². The number of anilines is 1. The Hall–Kier alpha value is -3.63. The molecule has 5 rings (SSSR count). The van der Waals surface area contributed by atoms with Crippen molar-refractivity contribution in [2.45, 2.75) is 31.5 Å². The second-order valence-electron chi connectivity index (χ2n) is 9.21. The number of nitrogens with one attached hydrogen (secondary N) is 3. The van der Waals surface area contributed by atoms with Crippen molar-refractivity contribution in [3.63, 3.8) is 0 Å². The highest BCUT2D eigenvalue weighted by molar-refractivity contribution is 6.30. The molecule has 188 valence electrons. The topological polar surface area (TPSA) is 116 Å².